The molecule has 0 unspecified atom stereocenters. The Hall–Kier alpha value is -2.76. The van der Waals surface area contributed by atoms with Gasteiger partial charge in [0.2, 0.25) is 0 Å². The van der Waals surface area contributed by atoms with Crippen LogP contribution in [0.3, 0.4) is 0 Å². The van der Waals surface area contributed by atoms with Gasteiger partial charge in [-0.05, 0) is 53.6 Å². The number of hydrogen-bond donors (Lipinski definition) is 1. The van der Waals surface area contributed by atoms with Crippen molar-refractivity contribution in [1.82, 2.24) is 20.2 Å². The Morgan fingerprint density at radius 3 is 2.57 bits per heavy atom. The number of aromatic nitrogens is 4. The lowest BCUT2D eigenvalue weighted by Gasteiger charge is -2.09. The third-order valence-corrected chi connectivity index (χ3v) is 3.41. The first kappa shape index (κ1) is 13.2. The summed E-state index contributed by atoms with van der Waals surface area (Å²) >= 11 is 0. The van der Waals surface area contributed by atoms with E-state index < -0.39 is 0 Å². The fraction of sp³-hybridized carbons (Fsp3) is 0.133. The van der Waals surface area contributed by atoms with Gasteiger partial charge in [0.15, 0.2) is 5.82 Å². The van der Waals surface area contributed by atoms with E-state index in [0.717, 1.165) is 16.7 Å². The summed E-state index contributed by atoms with van der Waals surface area (Å²) in [5, 5.41) is 11.7. The predicted octanol–water partition coefficient (Wildman–Crippen LogP) is 2.67. The number of nitrogens with zero attached hydrogens (tertiary/aromatic N) is 4. The van der Waals surface area contributed by atoms with Crippen LogP contribution in [0, 0.1) is 19.7 Å². The first-order valence-electron chi connectivity index (χ1n) is 6.47. The Kier molecular flexibility index (Phi) is 3.13. The number of nitrogen functional groups attached to an aromatic ring is 1. The van der Waals surface area contributed by atoms with E-state index in [1.165, 1.54) is 16.8 Å². The average Bonchev–Trinajstić information content (AvgIpc) is 2.93. The minimum atomic E-state index is -0.333. The molecule has 5 nitrogen and oxygen atoms in total. The minimum absolute atomic E-state index is 0.333. The summed E-state index contributed by atoms with van der Waals surface area (Å²) in [7, 11) is 0. The SMILES string of the molecule is Cc1ccc(-c2nnnn2-c2cc(F)ccc2C)cc1N. The molecule has 6 heteroatoms. The number of anilines is 1. The Morgan fingerprint density at radius 1 is 1.05 bits per heavy atom. The van der Waals surface area contributed by atoms with Crippen molar-refractivity contribution in [2.45, 2.75) is 13.8 Å². The molecule has 0 aliphatic rings. The van der Waals surface area contributed by atoms with Gasteiger partial charge in [0, 0.05) is 11.3 Å². The summed E-state index contributed by atoms with van der Waals surface area (Å²) in [5.74, 6) is 0.191. The Balaban J connectivity index is 2.17. The molecule has 0 radical (unpaired) electrons. The molecule has 2 N–H and O–H groups in total. The van der Waals surface area contributed by atoms with Gasteiger partial charge in [0.25, 0.3) is 0 Å². The highest BCUT2D eigenvalue weighted by molar-refractivity contribution is 5.65. The van der Waals surface area contributed by atoms with Gasteiger partial charge in [-0.1, -0.05) is 18.2 Å². The van der Waals surface area contributed by atoms with Gasteiger partial charge in [-0.3, -0.25) is 0 Å². The molecule has 0 saturated heterocycles. The summed E-state index contributed by atoms with van der Waals surface area (Å²) in [6, 6.07) is 10.1. The molecule has 0 aliphatic carbocycles. The topological polar surface area (TPSA) is 69.6 Å². The molecule has 0 saturated carbocycles. The molecule has 0 bridgehead atoms. The van der Waals surface area contributed by atoms with E-state index in [4.69, 9.17) is 5.73 Å². The second kappa shape index (κ2) is 4.97. The standard InChI is InChI=1S/C15H14FN5/c1-9-3-5-11(7-13(9)17)15-18-19-20-21(15)14-8-12(16)6-4-10(14)2/h3-8H,17H2,1-2H3. The van der Waals surface area contributed by atoms with Crippen LogP contribution in [-0.4, -0.2) is 20.2 Å². The zero-order valence-corrected chi connectivity index (χ0v) is 11.7. The van der Waals surface area contributed by atoms with Crippen molar-refractivity contribution >= 4 is 5.69 Å². The molecule has 0 amide bonds. The van der Waals surface area contributed by atoms with Gasteiger partial charge in [-0.15, -0.1) is 5.10 Å². The minimum Gasteiger partial charge on any atom is -0.398 e. The van der Waals surface area contributed by atoms with Crippen molar-refractivity contribution < 1.29 is 4.39 Å². The van der Waals surface area contributed by atoms with Gasteiger partial charge in [-0.25, -0.2) is 4.39 Å². The monoisotopic (exact) mass is 283 g/mol. The van der Waals surface area contributed by atoms with Gasteiger partial charge in [0.1, 0.15) is 5.82 Å². The van der Waals surface area contributed by atoms with Crippen LogP contribution in [0.5, 0.6) is 0 Å². The zero-order valence-electron chi connectivity index (χ0n) is 11.7. The summed E-state index contributed by atoms with van der Waals surface area (Å²) in [4.78, 5) is 0. The average molecular weight is 283 g/mol. The van der Waals surface area contributed by atoms with E-state index >= 15 is 0 Å². The van der Waals surface area contributed by atoms with Crippen molar-refractivity contribution in [1.29, 1.82) is 0 Å². The molecule has 3 aromatic rings. The number of hydrogen-bond acceptors (Lipinski definition) is 4. The van der Waals surface area contributed by atoms with Crippen LogP contribution in [0.1, 0.15) is 11.1 Å². The second-order valence-corrected chi connectivity index (χ2v) is 4.92. The highest BCUT2D eigenvalue weighted by Gasteiger charge is 2.13. The third-order valence-electron chi connectivity index (χ3n) is 3.41. The molecule has 0 spiro atoms. The second-order valence-electron chi connectivity index (χ2n) is 4.92. The molecule has 0 atom stereocenters. The van der Waals surface area contributed by atoms with E-state index in [1.54, 1.807) is 6.07 Å². The molecule has 106 valence electrons. The Labute approximate surface area is 121 Å². The first-order valence-corrected chi connectivity index (χ1v) is 6.47. The van der Waals surface area contributed by atoms with Crippen LogP contribution in [0.25, 0.3) is 17.1 Å². The van der Waals surface area contributed by atoms with Crippen LogP contribution in [0.4, 0.5) is 10.1 Å². The van der Waals surface area contributed by atoms with E-state index in [2.05, 4.69) is 15.5 Å². The third kappa shape index (κ3) is 2.35. The number of nitrogens with two attached hydrogens (primary N) is 1. The smallest absolute Gasteiger partial charge is 0.187 e. The number of halogens is 1. The largest absolute Gasteiger partial charge is 0.398 e. The fourth-order valence-electron chi connectivity index (χ4n) is 2.12. The van der Waals surface area contributed by atoms with Crippen LogP contribution in [0.15, 0.2) is 36.4 Å². The molecule has 1 aromatic heterocycles. The maximum atomic E-state index is 13.5. The van der Waals surface area contributed by atoms with Gasteiger partial charge < -0.3 is 5.73 Å². The number of aryl methyl sites for hydroxylation is 2. The fourth-order valence-corrected chi connectivity index (χ4v) is 2.12. The van der Waals surface area contributed by atoms with Crippen LogP contribution < -0.4 is 5.73 Å². The van der Waals surface area contributed by atoms with Crippen molar-refractivity contribution in [3.05, 3.63) is 53.3 Å². The van der Waals surface area contributed by atoms with Crippen molar-refractivity contribution in [3.63, 3.8) is 0 Å². The molecule has 3 rings (SSSR count). The van der Waals surface area contributed by atoms with Crippen molar-refractivity contribution in [2.75, 3.05) is 5.73 Å². The highest BCUT2D eigenvalue weighted by Crippen LogP contribution is 2.25. The molecule has 21 heavy (non-hydrogen) atoms. The number of benzene rings is 2. The maximum Gasteiger partial charge on any atom is 0.187 e. The van der Waals surface area contributed by atoms with Gasteiger partial charge in [0.05, 0.1) is 5.69 Å². The molecule has 1 heterocycles. The molecule has 0 fully saturated rings. The molecular weight excluding hydrogens is 269 g/mol. The van der Waals surface area contributed by atoms with E-state index in [0.29, 0.717) is 17.2 Å². The van der Waals surface area contributed by atoms with E-state index in [-0.39, 0.29) is 5.82 Å². The summed E-state index contributed by atoms with van der Waals surface area (Å²) in [6.07, 6.45) is 0. The summed E-state index contributed by atoms with van der Waals surface area (Å²) in [6.45, 7) is 3.81. The maximum absolute atomic E-state index is 13.5. The lowest BCUT2D eigenvalue weighted by atomic mass is 10.1. The van der Waals surface area contributed by atoms with Crippen LogP contribution in [-0.2, 0) is 0 Å². The van der Waals surface area contributed by atoms with Gasteiger partial charge in [-0.2, -0.15) is 4.68 Å². The van der Waals surface area contributed by atoms with E-state index in [1.807, 2.05) is 32.0 Å². The van der Waals surface area contributed by atoms with Gasteiger partial charge >= 0.3 is 0 Å². The lowest BCUT2D eigenvalue weighted by Crippen LogP contribution is -2.03. The summed E-state index contributed by atoms with van der Waals surface area (Å²) < 4.78 is 15.0. The molecule has 0 aliphatic heterocycles. The Bertz CT molecular complexity index is 810. The van der Waals surface area contributed by atoms with Crippen molar-refractivity contribution in [2.24, 2.45) is 0 Å². The molecule has 2 aromatic carbocycles. The lowest BCUT2D eigenvalue weighted by molar-refractivity contribution is 0.624. The first-order chi connectivity index (χ1) is 10.1. The zero-order chi connectivity index (χ0) is 15.0. The quantitative estimate of drug-likeness (QED) is 0.734. The highest BCUT2D eigenvalue weighted by atomic mass is 19.1. The van der Waals surface area contributed by atoms with Crippen LogP contribution in [0.2, 0.25) is 0 Å². The van der Waals surface area contributed by atoms with Crippen molar-refractivity contribution in [3.8, 4) is 17.1 Å². The van der Waals surface area contributed by atoms with Crippen LogP contribution >= 0.6 is 0 Å². The van der Waals surface area contributed by atoms with E-state index in [9.17, 15) is 4.39 Å². The normalized spacial score (nSPS) is 10.8. The molecular formula is C15H14FN5. The Morgan fingerprint density at radius 2 is 1.81 bits per heavy atom. The number of tetrazole rings is 1. The number of rotatable bonds is 2. The summed E-state index contributed by atoms with van der Waals surface area (Å²) in [5.41, 5.74) is 9.85. The predicted molar refractivity (Wildman–Crippen MR) is 78.4 cm³/mol.